The number of nitrogens with one attached hydrogen (secondary N) is 1. The molecule has 0 aromatic heterocycles. The van der Waals surface area contributed by atoms with Gasteiger partial charge in [-0.2, -0.15) is 0 Å². The largest absolute Gasteiger partial charge is 0.366 e. The van der Waals surface area contributed by atoms with Gasteiger partial charge in [0.05, 0.1) is 4.83 Å². The SMILES string of the molecule is CC[C@H](Br)C(=O)Nc1ccc(C(N)=O)cc1. The number of amides is 2. The third-order valence-electron chi connectivity index (χ3n) is 2.08. The molecule has 0 heterocycles. The molecule has 0 spiro atoms. The van der Waals surface area contributed by atoms with E-state index in [4.69, 9.17) is 5.73 Å². The Kier molecular flexibility index (Phi) is 4.49. The predicted octanol–water partition coefficient (Wildman–Crippen LogP) is 1.90. The molecular formula is C11H13BrN2O2. The highest BCUT2D eigenvalue weighted by Crippen LogP contribution is 2.12. The number of alkyl halides is 1. The lowest BCUT2D eigenvalue weighted by molar-refractivity contribution is -0.115. The van der Waals surface area contributed by atoms with Crippen molar-refractivity contribution in [1.29, 1.82) is 0 Å². The second-order valence-corrected chi connectivity index (χ2v) is 4.41. The molecule has 0 bridgehead atoms. The number of benzene rings is 1. The predicted molar refractivity (Wildman–Crippen MR) is 66.6 cm³/mol. The fraction of sp³-hybridized carbons (Fsp3) is 0.273. The zero-order valence-corrected chi connectivity index (χ0v) is 10.5. The van der Waals surface area contributed by atoms with Crippen LogP contribution < -0.4 is 11.1 Å². The quantitative estimate of drug-likeness (QED) is 0.829. The van der Waals surface area contributed by atoms with E-state index in [1.165, 1.54) is 0 Å². The van der Waals surface area contributed by atoms with Gasteiger partial charge in [-0.25, -0.2) is 0 Å². The molecular weight excluding hydrogens is 272 g/mol. The first-order chi connectivity index (χ1) is 7.54. The summed E-state index contributed by atoms with van der Waals surface area (Å²) in [4.78, 5) is 22.1. The molecule has 3 N–H and O–H groups in total. The van der Waals surface area contributed by atoms with Crippen molar-refractivity contribution >= 4 is 33.4 Å². The summed E-state index contributed by atoms with van der Waals surface area (Å²) in [6.07, 6.45) is 0.713. The van der Waals surface area contributed by atoms with Gasteiger partial charge in [0.1, 0.15) is 0 Å². The Morgan fingerprint density at radius 2 is 1.94 bits per heavy atom. The maximum absolute atomic E-state index is 11.5. The van der Waals surface area contributed by atoms with Crippen molar-refractivity contribution < 1.29 is 9.59 Å². The average molecular weight is 285 g/mol. The number of halogens is 1. The van der Waals surface area contributed by atoms with Crippen LogP contribution in [0.15, 0.2) is 24.3 Å². The van der Waals surface area contributed by atoms with Crippen molar-refractivity contribution in [3.05, 3.63) is 29.8 Å². The van der Waals surface area contributed by atoms with E-state index in [-0.39, 0.29) is 10.7 Å². The Morgan fingerprint density at radius 1 is 1.38 bits per heavy atom. The van der Waals surface area contributed by atoms with E-state index in [0.29, 0.717) is 17.7 Å². The normalized spacial score (nSPS) is 11.9. The van der Waals surface area contributed by atoms with Crippen LogP contribution in [0.1, 0.15) is 23.7 Å². The molecule has 0 aliphatic rings. The molecule has 4 nitrogen and oxygen atoms in total. The minimum Gasteiger partial charge on any atom is -0.366 e. The minimum absolute atomic E-state index is 0.102. The smallest absolute Gasteiger partial charge is 0.248 e. The Labute approximate surface area is 102 Å². The fourth-order valence-corrected chi connectivity index (χ4v) is 1.24. The van der Waals surface area contributed by atoms with Gasteiger partial charge in [0.25, 0.3) is 0 Å². The Balaban J connectivity index is 2.69. The number of carbonyl (C=O) groups is 2. The van der Waals surface area contributed by atoms with Gasteiger partial charge in [-0.1, -0.05) is 22.9 Å². The maximum Gasteiger partial charge on any atom is 0.248 e. The first-order valence-electron chi connectivity index (χ1n) is 4.89. The molecule has 0 aliphatic carbocycles. The Bertz CT molecular complexity index is 389. The Hall–Kier alpha value is -1.36. The second kappa shape index (κ2) is 5.65. The van der Waals surface area contributed by atoms with Crippen molar-refractivity contribution in [3.8, 4) is 0 Å². The summed E-state index contributed by atoms with van der Waals surface area (Å²) in [5.41, 5.74) is 6.17. The van der Waals surface area contributed by atoms with Crippen molar-refractivity contribution in [2.45, 2.75) is 18.2 Å². The van der Waals surface area contributed by atoms with Crippen LogP contribution in [0.3, 0.4) is 0 Å². The molecule has 86 valence electrons. The van der Waals surface area contributed by atoms with Crippen molar-refractivity contribution in [1.82, 2.24) is 0 Å². The lowest BCUT2D eigenvalue weighted by Gasteiger charge is -2.08. The van der Waals surface area contributed by atoms with Crippen LogP contribution in [0.4, 0.5) is 5.69 Å². The molecule has 1 aromatic carbocycles. The van der Waals surface area contributed by atoms with Crippen molar-refractivity contribution in [3.63, 3.8) is 0 Å². The lowest BCUT2D eigenvalue weighted by atomic mass is 10.2. The zero-order valence-electron chi connectivity index (χ0n) is 8.87. The van der Waals surface area contributed by atoms with Crippen LogP contribution in [-0.2, 0) is 4.79 Å². The molecule has 5 heteroatoms. The summed E-state index contributed by atoms with van der Waals surface area (Å²) in [6.45, 7) is 1.91. The van der Waals surface area contributed by atoms with E-state index in [2.05, 4.69) is 21.2 Å². The highest BCUT2D eigenvalue weighted by Gasteiger charge is 2.12. The highest BCUT2D eigenvalue weighted by atomic mass is 79.9. The topological polar surface area (TPSA) is 72.2 Å². The molecule has 2 amide bonds. The summed E-state index contributed by atoms with van der Waals surface area (Å²) < 4.78 is 0. The van der Waals surface area contributed by atoms with Crippen LogP contribution in [0, 0.1) is 0 Å². The average Bonchev–Trinajstić information content (AvgIpc) is 2.28. The van der Waals surface area contributed by atoms with Gasteiger partial charge >= 0.3 is 0 Å². The van der Waals surface area contributed by atoms with Gasteiger partial charge in [0.2, 0.25) is 11.8 Å². The fourth-order valence-electron chi connectivity index (χ4n) is 1.12. The van der Waals surface area contributed by atoms with Gasteiger partial charge < -0.3 is 11.1 Å². The number of carbonyl (C=O) groups excluding carboxylic acids is 2. The molecule has 0 unspecified atom stereocenters. The molecule has 16 heavy (non-hydrogen) atoms. The second-order valence-electron chi connectivity index (χ2n) is 3.31. The van der Waals surface area contributed by atoms with Gasteiger partial charge in [-0.3, -0.25) is 9.59 Å². The zero-order chi connectivity index (χ0) is 12.1. The van der Waals surface area contributed by atoms with Crippen LogP contribution in [-0.4, -0.2) is 16.6 Å². The maximum atomic E-state index is 11.5. The highest BCUT2D eigenvalue weighted by molar-refractivity contribution is 9.10. The van der Waals surface area contributed by atoms with Gasteiger partial charge in [-0.05, 0) is 30.7 Å². The molecule has 1 aromatic rings. The van der Waals surface area contributed by atoms with Gasteiger partial charge in [-0.15, -0.1) is 0 Å². The van der Waals surface area contributed by atoms with Crippen molar-refractivity contribution in [2.24, 2.45) is 5.73 Å². The molecule has 0 radical (unpaired) electrons. The number of hydrogen-bond acceptors (Lipinski definition) is 2. The standard InChI is InChI=1S/C11H13BrN2O2/c1-2-9(12)11(16)14-8-5-3-7(4-6-8)10(13)15/h3-6,9H,2H2,1H3,(H2,13,15)(H,14,16)/t9-/m0/s1. The summed E-state index contributed by atoms with van der Waals surface area (Å²) >= 11 is 3.25. The number of hydrogen-bond donors (Lipinski definition) is 2. The summed E-state index contributed by atoms with van der Waals surface area (Å²) in [7, 11) is 0. The summed E-state index contributed by atoms with van der Waals surface area (Å²) in [5.74, 6) is -0.584. The molecule has 0 fully saturated rings. The van der Waals surface area contributed by atoms with E-state index in [1.54, 1.807) is 24.3 Å². The van der Waals surface area contributed by atoms with Crippen LogP contribution in [0.5, 0.6) is 0 Å². The third-order valence-corrected chi connectivity index (χ3v) is 3.14. The first-order valence-corrected chi connectivity index (χ1v) is 5.81. The molecule has 1 atom stereocenters. The van der Waals surface area contributed by atoms with E-state index < -0.39 is 5.91 Å². The van der Waals surface area contributed by atoms with E-state index >= 15 is 0 Å². The molecule has 0 saturated carbocycles. The van der Waals surface area contributed by atoms with Gasteiger partial charge in [0.15, 0.2) is 0 Å². The summed E-state index contributed by atoms with van der Waals surface area (Å²) in [5, 5.41) is 2.72. The van der Waals surface area contributed by atoms with E-state index in [0.717, 1.165) is 0 Å². The van der Waals surface area contributed by atoms with Crippen LogP contribution in [0.2, 0.25) is 0 Å². The molecule has 0 saturated heterocycles. The molecule has 0 aliphatic heterocycles. The summed E-state index contributed by atoms with van der Waals surface area (Å²) in [6, 6.07) is 6.45. The Morgan fingerprint density at radius 3 is 2.38 bits per heavy atom. The van der Waals surface area contributed by atoms with E-state index in [9.17, 15) is 9.59 Å². The third kappa shape index (κ3) is 3.34. The van der Waals surface area contributed by atoms with Crippen LogP contribution >= 0.6 is 15.9 Å². The number of primary amides is 1. The minimum atomic E-state index is -0.482. The monoisotopic (exact) mass is 284 g/mol. The van der Waals surface area contributed by atoms with Crippen molar-refractivity contribution in [2.75, 3.05) is 5.32 Å². The number of nitrogens with two attached hydrogens (primary N) is 1. The molecule has 1 rings (SSSR count). The number of anilines is 1. The van der Waals surface area contributed by atoms with Crippen LogP contribution in [0.25, 0.3) is 0 Å². The first kappa shape index (κ1) is 12.7. The number of rotatable bonds is 4. The van der Waals surface area contributed by atoms with Gasteiger partial charge in [0, 0.05) is 11.3 Å². The lowest BCUT2D eigenvalue weighted by Crippen LogP contribution is -2.22. The van der Waals surface area contributed by atoms with E-state index in [1.807, 2.05) is 6.92 Å².